The molecule has 1 N–H and O–H groups in total. The van der Waals surface area contributed by atoms with E-state index >= 15 is 0 Å². The standard InChI is InChI=1S/C18H29N5OS/c1-19-18(20-12-16-13-23-6-2-4-15(23)14-24-16)22-9-7-21(8-10-22)17-5-3-11-25-17/h3,5,11,15-16H,2,4,6-10,12-14H2,1H3,(H,19,20). The van der Waals surface area contributed by atoms with E-state index in [0.29, 0.717) is 6.04 Å². The summed E-state index contributed by atoms with van der Waals surface area (Å²) in [5.74, 6) is 1.01. The Morgan fingerprint density at radius 3 is 2.96 bits per heavy atom. The third-order valence-electron chi connectivity index (χ3n) is 5.56. The van der Waals surface area contributed by atoms with E-state index in [9.17, 15) is 0 Å². The van der Waals surface area contributed by atoms with Crippen molar-refractivity contribution in [2.45, 2.75) is 25.0 Å². The Bertz CT molecular complexity index is 570. The van der Waals surface area contributed by atoms with Crippen LogP contribution >= 0.6 is 11.3 Å². The molecule has 0 bridgehead atoms. The van der Waals surface area contributed by atoms with E-state index in [-0.39, 0.29) is 6.10 Å². The lowest BCUT2D eigenvalue weighted by atomic mass is 10.2. The van der Waals surface area contributed by atoms with Crippen molar-refractivity contribution in [3.05, 3.63) is 17.5 Å². The molecular formula is C18H29N5OS. The number of piperazine rings is 1. The summed E-state index contributed by atoms with van der Waals surface area (Å²) < 4.78 is 6.06. The molecule has 0 aliphatic carbocycles. The summed E-state index contributed by atoms with van der Waals surface area (Å²) >= 11 is 1.82. The molecule has 3 aliphatic rings. The summed E-state index contributed by atoms with van der Waals surface area (Å²) in [6.45, 7) is 8.16. The topological polar surface area (TPSA) is 43.3 Å². The van der Waals surface area contributed by atoms with Gasteiger partial charge in [-0.25, -0.2) is 0 Å². The SMILES string of the molecule is CN=C(NCC1CN2CCCC2CO1)N1CCN(c2cccs2)CC1. The fourth-order valence-corrected chi connectivity index (χ4v) is 4.92. The molecule has 1 aromatic heterocycles. The van der Waals surface area contributed by atoms with Gasteiger partial charge in [-0.1, -0.05) is 0 Å². The molecule has 4 heterocycles. The fourth-order valence-electron chi connectivity index (χ4n) is 4.14. The van der Waals surface area contributed by atoms with Crippen molar-refractivity contribution in [1.29, 1.82) is 0 Å². The van der Waals surface area contributed by atoms with Gasteiger partial charge in [0.05, 0.1) is 17.7 Å². The maximum atomic E-state index is 6.06. The molecular weight excluding hydrogens is 334 g/mol. The Morgan fingerprint density at radius 2 is 2.20 bits per heavy atom. The van der Waals surface area contributed by atoms with Gasteiger partial charge in [0.1, 0.15) is 0 Å². The van der Waals surface area contributed by atoms with Crippen molar-refractivity contribution >= 4 is 22.3 Å². The first-order valence-electron chi connectivity index (χ1n) is 9.43. The number of hydrogen-bond acceptors (Lipinski definition) is 5. The summed E-state index contributed by atoms with van der Waals surface area (Å²) in [6.07, 6.45) is 2.90. The van der Waals surface area contributed by atoms with E-state index in [1.807, 2.05) is 18.4 Å². The van der Waals surface area contributed by atoms with Crippen LogP contribution < -0.4 is 10.2 Å². The van der Waals surface area contributed by atoms with Crippen molar-refractivity contribution in [3.63, 3.8) is 0 Å². The molecule has 2 unspecified atom stereocenters. The van der Waals surface area contributed by atoms with Crippen molar-refractivity contribution in [2.75, 3.05) is 64.4 Å². The quantitative estimate of drug-likeness (QED) is 0.648. The Morgan fingerprint density at radius 1 is 1.32 bits per heavy atom. The number of aliphatic imine (C=N–C) groups is 1. The van der Waals surface area contributed by atoms with Crippen LogP contribution in [0, 0.1) is 0 Å². The zero-order valence-electron chi connectivity index (χ0n) is 15.1. The highest BCUT2D eigenvalue weighted by molar-refractivity contribution is 7.14. The van der Waals surface area contributed by atoms with Crippen LogP contribution in [0.15, 0.2) is 22.5 Å². The Kier molecular flexibility index (Phi) is 5.43. The van der Waals surface area contributed by atoms with Crippen LogP contribution in [0.4, 0.5) is 5.00 Å². The first-order valence-corrected chi connectivity index (χ1v) is 10.3. The number of fused-ring (bicyclic) bond motifs is 1. The number of nitrogens with zero attached hydrogens (tertiary/aromatic N) is 4. The third-order valence-corrected chi connectivity index (χ3v) is 6.49. The Balaban J connectivity index is 1.24. The number of morpholine rings is 1. The summed E-state index contributed by atoms with van der Waals surface area (Å²) in [5.41, 5.74) is 0. The highest BCUT2D eigenvalue weighted by atomic mass is 32.1. The van der Waals surface area contributed by atoms with Crippen LogP contribution in [0.3, 0.4) is 0 Å². The minimum Gasteiger partial charge on any atom is -0.373 e. The minimum absolute atomic E-state index is 0.276. The zero-order chi connectivity index (χ0) is 17.1. The van der Waals surface area contributed by atoms with E-state index < -0.39 is 0 Å². The number of anilines is 1. The maximum absolute atomic E-state index is 6.06. The molecule has 0 amide bonds. The largest absolute Gasteiger partial charge is 0.373 e. The molecule has 2 atom stereocenters. The van der Waals surface area contributed by atoms with Gasteiger partial charge in [0, 0.05) is 52.4 Å². The van der Waals surface area contributed by atoms with Gasteiger partial charge in [-0.3, -0.25) is 9.89 Å². The van der Waals surface area contributed by atoms with Gasteiger partial charge in [0.15, 0.2) is 5.96 Å². The molecule has 3 fully saturated rings. The highest BCUT2D eigenvalue weighted by Crippen LogP contribution is 2.23. The monoisotopic (exact) mass is 363 g/mol. The lowest BCUT2D eigenvalue weighted by molar-refractivity contribution is -0.0454. The zero-order valence-corrected chi connectivity index (χ0v) is 15.9. The molecule has 1 aromatic rings. The van der Waals surface area contributed by atoms with E-state index in [4.69, 9.17) is 4.74 Å². The summed E-state index contributed by atoms with van der Waals surface area (Å²) in [7, 11) is 1.88. The summed E-state index contributed by atoms with van der Waals surface area (Å²) in [5, 5.41) is 7.07. The molecule has 138 valence electrons. The van der Waals surface area contributed by atoms with E-state index in [0.717, 1.165) is 51.8 Å². The third kappa shape index (κ3) is 3.93. The van der Waals surface area contributed by atoms with Crippen molar-refractivity contribution in [3.8, 4) is 0 Å². The molecule has 3 saturated heterocycles. The second-order valence-electron chi connectivity index (χ2n) is 7.10. The van der Waals surface area contributed by atoms with E-state index in [1.165, 1.54) is 24.4 Å². The smallest absolute Gasteiger partial charge is 0.193 e. The molecule has 0 spiro atoms. The molecule has 25 heavy (non-hydrogen) atoms. The van der Waals surface area contributed by atoms with Crippen LogP contribution in [-0.4, -0.2) is 87.4 Å². The molecule has 0 saturated carbocycles. The van der Waals surface area contributed by atoms with E-state index in [1.54, 1.807) is 0 Å². The molecule has 0 aromatic carbocycles. The number of hydrogen-bond donors (Lipinski definition) is 1. The first-order chi connectivity index (χ1) is 12.3. The number of guanidine groups is 1. The van der Waals surface area contributed by atoms with Crippen molar-refractivity contribution in [1.82, 2.24) is 15.1 Å². The number of rotatable bonds is 3. The number of nitrogens with one attached hydrogen (secondary N) is 1. The van der Waals surface area contributed by atoms with Crippen LogP contribution in [-0.2, 0) is 4.74 Å². The van der Waals surface area contributed by atoms with Crippen molar-refractivity contribution in [2.24, 2.45) is 4.99 Å². The molecule has 4 rings (SSSR count). The molecule has 6 nitrogen and oxygen atoms in total. The lowest BCUT2D eigenvalue weighted by Gasteiger charge is -2.38. The molecule has 0 radical (unpaired) electrons. The Hall–Kier alpha value is -1.31. The van der Waals surface area contributed by atoms with Crippen molar-refractivity contribution < 1.29 is 4.74 Å². The normalized spacial score (nSPS) is 28.3. The second kappa shape index (κ2) is 7.93. The van der Waals surface area contributed by atoms with Gasteiger partial charge in [0.25, 0.3) is 0 Å². The number of thiophene rings is 1. The van der Waals surface area contributed by atoms with Crippen LogP contribution in [0.25, 0.3) is 0 Å². The van der Waals surface area contributed by atoms with Gasteiger partial charge < -0.3 is 19.9 Å². The summed E-state index contributed by atoms with van der Waals surface area (Å²) in [4.78, 5) is 11.9. The summed E-state index contributed by atoms with van der Waals surface area (Å²) in [6, 6.07) is 5.00. The maximum Gasteiger partial charge on any atom is 0.193 e. The van der Waals surface area contributed by atoms with Gasteiger partial charge in [-0.15, -0.1) is 11.3 Å². The number of ether oxygens (including phenoxy) is 1. The van der Waals surface area contributed by atoms with Gasteiger partial charge in [0.2, 0.25) is 0 Å². The molecule has 3 aliphatic heterocycles. The van der Waals surface area contributed by atoms with E-state index in [2.05, 4.69) is 42.5 Å². The predicted octanol–water partition coefficient (Wildman–Crippen LogP) is 1.31. The average Bonchev–Trinajstić information content (AvgIpc) is 3.34. The lowest BCUT2D eigenvalue weighted by Crippen LogP contribution is -2.55. The predicted molar refractivity (Wildman–Crippen MR) is 104 cm³/mol. The van der Waals surface area contributed by atoms with Gasteiger partial charge in [-0.2, -0.15) is 0 Å². The van der Waals surface area contributed by atoms with Gasteiger partial charge >= 0.3 is 0 Å². The second-order valence-corrected chi connectivity index (χ2v) is 8.03. The molecule has 7 heteroatoms. The Labute approximate surface area is 154 Å². The fraction of sp³-hybridized carbons (Fsp3) is 0.722. The van der Waals surface area contributed by atoms with Crippen LogP contribution in [0.1, 0.15) is 12.8 Å². The van der Waals surface area contributed by atoms with Crippen LogP contribution in [0.2, 0.25) is 0 Å². The van der Waals surface area contributed by atoms with Crippen LogP contribution in [0.5, 0.6) is 0 Å². The highest BCUT2D eigenvalue weighted by Gasteiger charge is 2.32. The first kappa shape index (κ1) is 17.1. The van der Waals surface area contributed by atoms with Gasteiger partial charge in [-0.05, 0) is 36.9 Å². The average molecular weight is 364 g/mol. The minimum atomic E-state index is 0.276.